The van der Waals surface area contributed by atoms with Gasteiger partial charge in [0, 0.05) is 17.1 Å². The summed E-state index contributed by atoms with van der Waals surface area (Å²) in [7, 11) is -3.88. The molecule has 0 aliphatic heterocycles. The van der Waals surface area contributed by atoms with Crippen molar-refractivity contribution in [3.8, 4) is 0 Å². The molecule has 1 rings (SSSR count). The van der Waals surface area contributed by atoms with Crippen LogP contribution in [0.4, 0.5) is 0 Å². The van der Waals surface area contributed by atoms with Crippen molar-refractivity contribution in [3.63, 3.8) is 0 Å². The molecule has 100 valence electrons. The van der Waals surface area contributed by atoms with E-state index in [1.165, 1.54) is 12.1 Å². The lowest BCUT2D eigenvalue weighted by Crippen LogP contribution is -2.25. The lowest BCUT2D eigenvalue weighted by Gasteiger charge is -2.10. The summed E-state index contributed by atoms with van der Waals surface area (Å²) in [6, 6.07) is 2.48. The molecule has 0 fully saturated rings. The molecule has 7 heteroatoms. The highest BCUT2D eigenvalue weighted by atomic mass is 35.5. The van der Waals surface area contributed by atoms with Crippen LogP contribution in [0.3, 0.4) is 0 Å². The number of rotatable bonds is 4. The van der Waals surface area contributed by atoms with Crippen LogP contribution >= 0.6 is 11.6 Å². The fourth-order valence-electron chi connectivity index (χ4n) is 1.39. The summed E-state index contributed by atoms with van der Waals surface area (Å²) in [5, 5.41) is 7.89. The van der Waals surface area contributed by atoms with E-state index in [9.17, 15) is 13.2 Å². The Bertz CT molecular complexity index is 570. The van der Waals surface area contributed by atoms with Gasteiger partial charge in [-0.2, -0.15) is 0 Å². The number of hydrogen-bond donors (Lipinski definition) is 2. The van der Waals surface area contributed by atoms with Gasteiger partial charge in [0.05, 0.1) is 4.90 Å². The number of hydrogen-bond acceptors (Lipinski definition) is 3. The van der Waals surface area contributed by atoms with E-state index in [0.29, 0.717) is 12.1 Å². The average molecular weight is 291 g/mol. The van der Waals surface area contributed by atoms with Crippen LogP contribution in [0.2, 0.25) is 5.02 Å². The molecule has 0 aliphatic carbocycles. The lowest BCUT2D eigenvalue weighted by molar-refractivity contribution is 0.0953. The molecule has 5 nitrogen and oxygen atoms in total. The maximum absolute atomic E-state index is 11.9. The SMILES string of the molecule is CCCNC(=O)c1cc(S(N)(=O)=O)cc(Cl)c1C. The van der Waals surface area contributed by atoms with Crippen LogP contribution in [-0.4, -0.2) is 20.9 Å². The fraction of sp³-hybridized carbons (Fsp3) is 0.364. The highest BCUT2D eigenvalue weighted by Crippen LogP contribution is 2.23. The quantitative estimate of drug-likeness (QED) is 0.879. The van der Waals surface area contributed by atoms with Crippen LogP contribution in [0.1, 0.15) is 29.3 Å². The van der Waals surface area contributed by atoms with Crippen molar-refractivity contribution in [3.05, 3.63) is 28.3 Å². The van der Waals surface area contributed by atoms with Crippen molar-refractivity contribution in [2.45, 2.75) is 25.2 Å². The number of nitrogens with one attached hydrogen (secondary N) is 1. The first kappa shape index (κ1) is 14.9. The first-order chi connectivity index (χ1) is 8.27. The minimum absolute atomic E-state index is 0.167. The van der Waals surface area contributed by atoms with E-state index in [-0.39, 0.29) is 21.4 Å². The Morgan fingerprint density at radius 3 is 2.56 bits per heavy atom. The third-order valence-corrected chi connectivity index (χ3v) is 3.71. The van der Waals surface area contributed by atoms with Gasteiger partial charge in [-0.1, -0.05) is 18.5 Å². The number of halogens is 1. The maximum atomic E-state index is 11.9. The summed E-state index contributed by atoms with van der Waals surface area (Å²) >= 11 is 5.90. The number of amides is 1. The Hall–Kier alpha value is -1.11. The van der Waals surface area contributed by atoms with Crippen LogP contribution in [-0.2, 0) is 10.0 Å². The average Bonchev–Trinajstić information content (AvgIpc) is 2.27. The predicted octanol–water partition coefficient (Wildman–Crippen LogP) is 1.44. The van der Waals surface area contributed by atoms with Crippen molar-refractivity contribution < 1.29 is 13.2 Å². The fourth-order valence-corrected chi connectivity index (χ4v) is 2.24. The zero-order chi connectivity index (χ0) is 13.9. The summed E-state index contributed by atoms with van der Waals surface area (Å²) in [4.78, 5) is 11.7. The molecule has 0 heterocycles. The van der Waals surface area contributed by atoms with Crippen molar-refractivity contribution >= 4 is 27.5 Å². The zero-order valence-electron chi connectivity index (χ0n) is 10.2. The van der Waals surface area contributed by atoms with Gasteiger partial charge in [0.2, 0.25) is 10.0 Å². The molecule has 0 saturated carbocycles. The maximum Gasteiger partial charge on any atom is 0.251 e. The predicted molar refractivity (Wildman–Crippen MR) is 70.2 cm³/mol. The Morgan fingerprint density at radius 2 is 2.06 bits per heavy atom. The Morgan fingerprint density at radius 1 is 1.44 bits per heavy atom. The Kier molecular flexibility index (Phi) is 4.72. The Balaban J connectivity index is 3.27. The van der Waals surface area contributed by atoms with Gasteiger partial charge in [-0.15, -0.1) is 0 Å². The number of sulfonamides is 1. The van der Waals surface area contributed by atoms with E-state index in [2.05, 4.69) is 5.32 Å². The largest absolute Gasteiger partial charge is 0.352 e. The van der Waals surface area contributed by atoms with Crippen LogP contribution in [0.15, 0.2) is 17.0 Å². The van der Waals surface area contributed by atoms with Crippen molar-refractivity contribution in [2.75, 3.05) is 6.54 Å². The molecule has 3 N–H and O–H groups in total. The smallest absolute Gasteiger partial charge is 0.251 e. The first-order valence-corrected chi connectivity index (χ1v) is 7.31. The van der Waals surface area contributed by atoms with Gasteiger partial charge >= 0.3 is 0 Å². The first-order valence-electron chi connectivity index (χ1n) is 5.38. The third-order valence-electron chi connectivity index (χ3n) is 2.43. The number of carbonyl (C=O) groups excluding carboxylic acids is 1. The van der Waals surface area contributed by atoms with Crippen LogP contribution in [0.5, 0.6) is 0 Å². The van der Waals surface area contributed by atoms with E-state index < -0.39 is 10.0 Å². The van der Waals surface area contributed by atoms with Crippen molar-refractivity contribution in [2.24, 2.45) is 5.14 Å². The monoisotopic (exact) mass is 290 g/mol. The molecule has 18 heavy (non-hydrogen) atoms. The minimum atomic E-state index is -3.88. The molecule has 0 spiro atoms. The van der Waals surface area contributed by atoms with Gasteiger partial charge in [0.15, 0.2) is 0 Å². The van der Waals surface area contributed by atoms with E-state index in [0.717, 1.165) is 6.42 Å². The molecule has 0 aliphatic rings. The number of primary sulfonamides is 1. The molecule has 1 aromatic rings. The highest BCUT2D eigenvalue weighted by Gasteiger charge is 2.17. The van der Waals surface area contributed by atoms with Gasteiger partial charge in [-0.05, 0) is 31.0 Å². The summed E-state index contributed by atoms with van der Waals surface area (Å²) in [6.07, 6.45) is 0.785. The number of nitrogens with two attached hydrogens (primary N) is 1. The third kappa shape index (κ3) is 3.44. The van der Waals surface area contributed by atoms with E-state index in [1.54, 1.807) is 6.92 Å². The zero-order valence-corrected chi connectivity index (χ0v) is 11.7. The summed E-state index contributed by atoms with van der Waals surface area (Å²) in [5.74, 6) is -0.359. The molecular weight excluding hydrogens is 276 g/mol. The van der Waals surface area contributed by atoms with Crippen molar-refractivity contribution in [1.29, 1.82) is 0 Å². The summed E-state index contributed by atoms with van der Waals surface area (Å²) < 4.78 is 22.5. The topological polar surface area (TPSA) is 89.3 Å². The molecular formula is C11H15ClN2O3S. The number of benzene rings is 1. The van der Waals surface area contributed by atoms with Gasteiger partial charge in [-0.25, -0.2) is 13.6 Å². The molecule has 0 unspecified atom stereocenters. The number of carbonyl (C=O) groups is 1. The van der Waals surface area contributed by atoms with Crippen LogP contribution in [0, 0.1) is 6.92 Å². The van der Waals surface area contributed by atoms with Gasteiger partial charge in [-0.3, -0.25) is 4.79 Å². The molecule has 1 aromatic carbocycles. The second-order valence-electron chi connectivity index (χ2n) is 3.88. The highest BCUT2D eigenvalue weighted by molar-refractivity contribution is 7.89. The molecule has 0 saturated heterocycles. The molecule has 1 amide bonds. The lowest BCUT2D eigenvalue weighted by atomic mass is 10.1. The second kappa shape index (κ2) is 5.69. The normalized spacial score (nSPS) is 11.3. The van der Waals surface area contributed by atoms with E-state index in [1.807, 2.05) is 6.92 Å². The molecule has 0 atom stereocenters. The standard InChI is InChI=1S/C11H15ClN2O3S/c1-3-4-14-11(15)9-5-8(18(13,16)17)6-10(12)7(9)2/h5-6H,3-4H2,1-2H3,(H,14,15)(H2,13,16,17). The Labute approximate surface area is 111 Å². The molecule has 0 radical (unpaired) electrons. The summed E-state index contributed by atoms with van der Waals surface area (Å²) in [5.41, 5.74) is 0.748. The van der Waals surface area contributed by atoms with E-state index >= 15 is 0 Å². The van der Waals surface area contributed by atoms with Crippen molar-refractivity contribution in [1.82, 2.24) is 5.32 Å². The van der Waals surface area contributed by atoms with Gasteiger partial charge in [0.25, 0.3) is 5.91 Å². The minimum Gasteiger partial charge on any atom is -0.352 e. The van der Waals surface area contributed by atoms with E-state index in [4.69, 9.17) is 16.7 Å². The van der Waals surface area contributed by atoms with Gasteiger partial charge < -0.3 is 5.32 Å². The summed E-state index contributed by atoms with van der Waals surface area (Å²) in [6.45, 7) is 4.08. The second-order valence-corrected chi connectivity index (χ2v) is 5.85. The molecule has 0 bridgehead atoms. The van der Waals surface area contributed by atoms with Crippen LogP contribution in [0.25, 0.3) is 0 Å². The molecule has 0 aromatic heterocycles. The van der Waals surface area contributed by atoms with Crippen LogP contribution < -0.4 is 10.5 Å². The van der Waals surface area contributed by atoms with Gasteiger partial charge in [0.1, 0.15) is 0 Å².